The summed E-state index contributed by atoms with van der Waals surface area (Å²) in [6, 6.07) is 6.00. The van der Waals surface area contributed by atoms with Crippen LogP contribution in [0.5, 0.6) is 5.75 Å². The largest absolute Gasteiger partial charge is 0.493 e. The molecule has 2 rings (SSSR count). The minimum atomic E-state index is 0. The zero-order valence-corrected chi connectivity index (χ0v) is 16.3. The fourth-order valence-electron chi connectivity index (χ4n) is 3.08. The van der Waals surface area contributed by atoms with E-state index in [1.54, 1.807) is 7.11 Å². The molecule has 0 bridgehead atoms. The fraction of sp³-hybridized carbons (Fsp3) is 0.632. The van der Waals surface area contributed by atoms with Crippen molar-refractivity contribution in [3.05, 3.63) is 29.3 Å². The number of carbonyl (C=O) groups excluding carboxylic acids is 1. The Morgan fingerprint density at radius 3 is 2.60 bits per heavy atom. The number of piperidine rings is 1. The van der Waals surface area contributed by atoms with E-state index in [4.69, 9.17) is 9.47 Å². The van der Waals surface area contributed by atoms with Crippen molar-refractivity contribution in [2.45, 2.75) is 33.1 Å². The third-order valence-corrected chi connectivity index (χ3v) is 4.85. The molecule has 2 N–H and O–H groups in total. The number of carbonyl (C=O) groups is 1. The molecular formula is C19H31ClN2O3. The molecule has 1 aliphatic rings. The smallest absolute Gasteiger partial charge is 0.223 e. The van der Waals surface area contributed by atoms with Gasteiger partial charge in [0.1, 0.15) is 5.75 Å². The minimum Gasteiger partial charge on any atom is -0.493 e. The molecule has 1 heterocycles. The van der Waals surface area contributed by atoms with E-state index in [0.717, 1.165) is 31.7 Å². The molecule has 0 aromatic heterocycles. The summed E-state index contributed by atoms with van der Waals surface area (Å²) < 4.78 is 11.1. The van der Waals surface area contributed by atoms with Crippen molar-refractivity contribution in [2.75, 3.05) is 40.0 Å². The molecule has 25 heavy (non-hydrogen) atoms. The maximum Gasteiger partial charge on any atom is 0.223 e. The molecule has 0 aliphatic carbocycles. The number of amides is 1. The normalized spacial score (nSPS) is 16.0. The summed E-state index contributed by atoms with van der Waals surface area (Å²) in [5, 5.41) is 6.42. The lowest BCUT2D eigenvalue weighted by Gasteiger charge is -2.37. The number of nitrogens with one attached hydrogen (secondary N) is 2. The monoisotopic (exact) mass is 370 g/mol. The van der Waals surface area contributed by atoms with Crippen LogP contribution in [0.2, 0.25) is 0 Å². The maximum atomic E-state index is 12.1. The standard InChI is InChI=1S/C19H30N2O3.ClH/c1-15-4-5-17(12-16(15)2)24-11-6-18(22)21-13-19(14-23-3)7-9-20-10-8-19;/h4-5,12,20H,6-11,13-14H2,1-3H3,(H,21,22);1H. The zero-order chi connectivity index (χ0) is 17.4. The van der Waals surface area contributed by atoms with E-state index in [0.29, 0.717) is 26.2 Å². The van der Waals surface area contributed by atoms with Gasteiger partial charge in [-0.1, -0.05) is 6.07 Å². The summed E-state index contributed by atoms with van der Waals surface area (Å²) in [4.78, 5) is 12.1. The Labute approximate surface area is 157 Å². The first kappa shape index (κ1) is 21.7. The highest BCUT2D eigenvalue weighted by atomic mass is 35.5. The number of halogens is 1. The average molecular weight is 371 g/mol. The molecule has 0 atom stereocenters. The lowest BCUT2D eigenvalue weighted by Crippen LogP contribution is -2.47. The van der Waals surface area contributed by atoms with E-state index in [2.05, 4.69) is 24.5 Å². The Kier molecular flexibility index (Phi) is 9.25. The van der Waals surface area contributed by atoms with Crippen LogP contribution in [0.1, 0.15) is 30.4 Å². The number of hydrogen-bond donors (Lipinski definition) is 2. The summed E-state index contributed by atoms with van der Waals surface area (Å²) in [6.07, 6.45) is 2.43. The summed E-state index contributed by atoms with van der Waals surface area (Å²) in [5.41, 5.74) is 2.50. The quantitative estimate of drug-likeness (QED) is 0.738. The van der Waals surface area contributed by atoms with Gasteiger partial charge in [0.2, 0.25) is 5.91 Å². The predicted molar refractivity (Wildman–Crippen MR) is 103 cm³/mol. The van der Waals surface area contributed by atoms with Crippen molar-refractivity contribution < 1.29 is 14.3 Å². The predicted octanol–water partition coefficient (Wildman–Crippen LogP) is 2.63. The van der Waals surface area contributed by atoms with E-state index in [-0.39, 0.29) is 23.7 Å². The molecule has 6 heteroatoms. The highest BCUT2D eigenvalue weighted by Gasteiger charge is 2.32. The fourth-order valence-corrected chi connectivity index (χ4v) is 3.08. The third kappa shape index (κ3) is 6.84. The Bertz CT molecular complexity index is 540. The van der Waals surface area contributed by atoms with Crippen molar-refractivity contribution in [2.24, 2.45) is 5.41 Å². The highest BCUT2D eigenvalue weighted by Crippen LogP contribution is 2.28. The summed E-state index contributed by atoms with van der Waals surface area (Å²) in [5.74, 6) is 0.855. The van der Waals surface area contributed by atoms with Crippen molar-refractivity contribution in [1.29, 1.82) is 0 Å². The lowest BCUT2D eigenvalue weighted by molar-refractivity contribution is -0.122. The molecule has 1 aromatic carbocycles. The topological polar surface area (TPSA) is 59.6 Å². The Morgan fingerprint density at radius 1 is 1.24 bits per heavy atom. The summed E-state index contributed by atoms with van der Waals surface area (Å²) in [6.45, 7) is 7.85. The van der Waals surface area contributed by atoms with Crippen LogP contribution in [0.25, 0.3) is 0 Å². The molecule has 142 valence electrons. The first-order valence-corrected chi connectivity index (χ1v) is 8.71. The van der Waals surface area contributed by atoms with E-state index >= 15 is 0 Å². The molecule has 0 unspecified atom stereocenters. The van der Waals surface area contributed by atoms with Crippen LogP contribution in [0.15, 0.2) is 18.2 Å². The van der Waals surface area contributed by atoms with Crippen molar-refractivity contribution in [1.82, 2.24) is 10.6 Å². The van der Waals surface area contributed by atoms with Crippen LogP contribution < -0.4 is 15.4 Å². The van der Waals surface area contributed by atoms with Crippen molar-refractivity contribution in [3.8, 4) is 5.75 Å². The molecule has 1 saturated heterocycles. The van der Waals surface area contributed by atoms with Gasteiger partial charge >= 0.3 is 0 Å². The maximum absolute atomic E-state index is 12.1. The molecule has 1 aromatic rings. The average Bonchev–Trinajstić information content (AvgIpc) is 2.57. The SMILES string of the molecule is COCC1(CNC(=O)CCOc2ccc(C)c(C)c2)CCNCC1.Cl. The van der Waals surface area contributed by atoms with Gasteiger partial charge in [-0.05, 0) is 63.0 Å². The Balaban J connectivity index is 0.00000312. The van der Waals surface area contributed by atoms with Gasteiger partial charge in [0.05, 0.1) is 19.6 Å². The Hall–Kier alpha value is -1.30. The van der Waals surface area contributed by atoms with Crippen LogP contribution in [-0.4, -0.2) is 45.9 Å². The molecule has 0 spiro atoms. The molecule has 1 fully saturated rings. The molecule has 1 amide bonds. The third-order valence-electron chi connectivity index (χ3n) is 4.85. The van der Waals surface area contributed by atoms with Crippen molar-refractivity contribution in [3.63, 3.8) is 0 Å². The van der Waals surface area contributed by atoms with Gasteiger partial charge in [-0.25, -0.2) is 0 Å². The molecule has 5 nitrogen and oxygen atoms in total. The highest BCUT2D eigenvalue weighted by molar-refractivity contribution is 5.85. The van der Waals surface area contributed by atoms with Gasteiger partial charge in [-0.3, -0.25) is 4.79 Å². The van der Waals surface area contributed by atoms with Crippen LogP contribution in [0.4, 0.5) is 0 Å². The van der Waals surface area contributed by atoms with Gasteiger partial charge in [0.15, 0.2) is 0 Å². The number of benzene rings is 1. The summed E-state index contributed by atoms with van der Waals surface area (Å²) >= 11 is 0. The number of methoxy groups -OCH3 is 1. The van der Waals surface area contributed by atoms with Crippen LogP contribution in [0, 0.1) is 19.3 Å². The molecule has 0 saturated carbocycles. The lowest BCUT2D eigenvalue weighted by atomic mass is 9.79. The number of hydrogen-bond acceptors (Lipinski definition) is 4. The first-order valence-electron chi connectivity index (χ1n) is 8.71. The number of aryl methyl sites for hydroxylation is 2. The van der Waals surface area contributed by atoms with Crippen molar-refractivity contribution >= 4 is 18.3 Å². The second-order valence-corrected chi connectivity index (χ2v) is 6.80. The Morgan fingerprint density at radius 2 is 1.96 bits per heavy atom. The van der Waals surface area contributed by atoms with Crippen LogP contribution in [0.3, 0.4) is 0 Å². The molecule has 0 radical (unpaired) electrons. The first-order chi connectivity index (χ1) is 11.5. The van der Waals surface area contributed by atoms with Gasteiger partial charge in [0.25, 0.3) is 0 Å². The number of rotatable bonds is 8. The minimum absolute atomic E-state index is 0. The van der Waals surface area contributed by atoms with E-state index < -0.39 is 0 Å². The number of ether oxygens (including phenoxy) is 2. The summed E-state index contributed by atoms with van der Waals surface area (Å²) in [7, 11) is 1.73. The van der Waals surface area contributed by atoms with Gasteiger partial charge < -0.3 is 20.1 Å². The molecular weight excluding hydrogens is 340 g/mol. The second-order valence-electron chi connectivity index (χ2n) is 6.80. The van der Waals surface area contributed by atoms with Crippen LogP contribution >= 0.6 is 12.4 Å². The molecule has 1 aliphatic heterocycles. The zero-order valence-electron chi connectivity index (χ0n) is 15.5. The van der Waals surface area contributed by atoms with Gasteiger partial charge in [-0.2, -0.15) is 0 Å². The van der Waals surface area contributed by atoms with Crippen LogP contribution in [-0.2, 0) is 9.53 Å². The van der Waals surface area contributed by atoms with E-state index in [9.17, 15) is 4.79 Å². The van der Waals surface area contributed by atoms with E-state index in [1.807, 2.05) is 18.2 Å². The second kappa shape index (κ2) is 10.6. The van der Waals surface area contributed by atoms with E-state index in [1.165, 1.54) is 11.1 Å². The van der Waals surface area contributed by atoms with Gasteiger partial charge in [-0.15, -0.1) is 12.4 Å². The van der Waals surface area contributed by atoms with Gasteiger partial charge in [0, 0.05) is 19.1 Å².